The minimum absolute atomic E-state index is 0.0162. The lowest BCUT2D eigenvalue weighted by Crippen LogP contribution is -2.31. The van der Waals surface area contributed by atoms with Crippen LogP contribution in [0.1, 0.15) is 12.2 Å². The van der Waals surface area contributed by atoms with Gasteiger partial charge in [0.05, 0.1) is 17.4 Å². The molecule has 0 bridgehead atoms. The Labute approximate surface area is 151 Å². The largest absolute Gasteiger partial charge is 0.492 e. The minimum Gasteiger partial charge on any atom is -0.492 e. The number of aromatic amines is 1. The third-order valence-corrected chi connectivity index (χ3v) is 4.10. The number of nitrogens with one attached hydrogen (secondary N) is 1. The molecular formula is C20H21N3O3. The summed E-state index contributed by atoms with van der Waals surface area (Å²) < 4.78 is 5.60. The molecule has 6 heteroatoms. The van der Waals surface area contributed by atoms with Crippen molar-refractivity contribution >= 4 is 16.8 Å². The van der Waals surface area contributed by atoms with Gasteiger partial charge in [0, 0.05) is 19.9 Å². The Morgan fingerprint density at radius 3 is 2.65 bits per heavy atom. The third-order valence-electron chi connectivity index (χ3n) is 4.10. The number of carbonyl (C=O) groups is 1. The lowest BCUT2D eigenvalue weighted by Gasteiger charge is -2.17. The van der Waals surface area contributed by atoms with Crippen LogP contribution in [0.15, 0.2) is 59.4 Å². The number of hydrogen-bond donors (Lipinski definition) is 1. The van der Waals surface area contributed by atoms with Crippen LogP contribution in [-0.2, 0) is 11.2 Å². The zero-order valence-electron chi connectivity index (χ0n) is 14.6. The lowest BCUT2D eigenvalue weighted by atomic mass is 10.2. The van der Waals surface area contributed by atoms with Gasteiger partial charge in [0.1, 0.15) is 18.2 Å². The summed E-state index contributed by atoms with van der Waals surface area (Å²) >= 11 is 0. The van der Waals surface area contributed by atoms with E-state index in [-0.39, 0.29) is 17.9 Å². The number of fused-ring (bicyclic) bond motifs is 1. The molecule has 0 radical (unpaired) electrons. The number of likely N-dealkylation sites (N-methyl/N-ethyl adjacent to an activating group) is 1. The second-order valence-corrected chi connectivity index (χ2v) is 6.01. The third kappa shape index (κ3) is 4.47. The molecule has 3 aromatic rings. The summed E-state index contributed by atoms with van der Waals surface area (Å²) in [5, 5.41) is 0.553. The topological polar surface area (TPSA) is 75.3 Å². The van der Waals surface area contributed by atoms with E-state index in [1.807, 2.05) is 36.4 Å². The normalized spacial score (nSPS) is 10.7. The van der Waals surface area contributed by atoms with E-state index in [1.165, 1.54) is 0 Å². The molecule has 2 aromatic carbocycles. The maximum Gasteiger partial charge on any atom is 0.258 e. The maximum atomic E-state index is 12.3. The van der Waals surface area contributed by atoms with Crippen molar-refractivity contribution in [3.8, 4) is 5.75 Å². The maximum absolute atomic E-state index is 12.3. The van der Waals surface area contributed by atoms with E-state index >= 15 is 0 Å². The molecular weight excluding hydrogens is 330 g/mol. The molecule has 0 fully saturated rings. The van der Waals surface area contributed by atoms with E-state index < -0.39 is 0 Å². The van der Waals surface area contributed by atoms with Crippen molar-refractivity contribution in [1.29, 1.82) is 0 Å². The molecule has 0 unspecified atom stereocenters. The highest BCUT2D eigenvalue weighted by Gasteiger charge is 2.11. The lowest BCUT2D eigenvalue weighted by molar-refractivity contribution is -0.130. The van der Waals surface area contributed by atoms with E-state index in [1.54, 1.807) is 30.1 Å². The molecule has 134 valence electrons. The number of nitrogens with zero attached hydrogens (tertiary/aromatic N) is 2. The highest BCUT2D eigenvalue weighted by Crippen LogP contribution is 2.09. The second kappa shape index (κ2) is 8.29. The highest BCUT2D eigenvalue weighted by atomic mass is 16.5. The molecule has 0 spiro atoms. The van der Waals surface area contributed by atoms with E-state index in [2.05, 4.69) is 9.97 Å². The molecule has 26 heavy (non-hydrogen) atoms. The summed E-state index contributed by atoms with van der Waals surface area (Å²) in [6.45, 7) is 0.923. The van der Waals surface area contributed by atoms with Crippen LogP contribution in [0.25, 0.3) is 10.9 Å². The van der Waals surface area contributed by atoms with Crippen LogP contribution in [0, 0.1) is 0 Å². The molecule has 0 saturated heterocycles. The summed E-state index contributed by atoms with van der Waals surface area (Å²) in [5.74, 6) is 1.29. The molecule has 3 rings (SSSR count). The van der Waals surface area contributed by atoms with Crippen molar-refractivity contribution in [3.05, 3.63) is 70.8 Å². The first kappa shape index (κ1) is 17.7. The number of H-pyrrole nitrogens is 1. The van der Waals surface area contributed by atoms with Crippen molar-refractivity contribution in [3.63, 3.8) is 0 Å². The van der Waals surface area contributed by atoms with Gasteiger partial charge in [-0.05, 0) is 24.3 Å². The standard InChI is InChI=1S/C20H21N3O3/c1-23(13-14-26-15-7-3-2-4-8-15)19(24)12-11-18-21-17-10-6-5-9-16(17)20(25)22-18/h2-10H,11-14H2,1H3,(H,21,22,25). The van der Waals surface area contributed by atoms with Gasteiger partial charge in [-0.3, -0.25) is 9.59 Å². The van der Waals surface area contributed by atoms with Gasteiger partial charge in [-0.25, -0.2) is 4.98 Å². The summed E-state index contributed by atoms with van der Waals surface area (Å²) in [4.78, 5) is 33.1. The van der Waals surface area contributed by atoms with Crippen molar-refractivity contribution in [2.75, 3.05) is 20.2 Å². The Balaban J connectivity index is 1.51. The highest BCUT2D eigenvalue weighted by molar-refractivity contribution is 5.78. The van der Waals surface area contributed by atoms with Crippen LogP contribution in [0.4, 0.5) is 0 Å². The molecule has 1 N–H and O–H groups in total. The van der Waals surface area contributed by atoms with Gasteiger partial charge in [-0.15, -0.1) is 0 Å². The van der Waals surface area contributed by atoms with E-state index in [9.17, 15) is 9.59 Å². The summed E-state index contributed by atoms with van der Waals surface area (Å²) in [6.07, 6.45) is 0.673. The fourth-order valence-corrected chi connectivity index (χ4v) is 2.61. The number of rotatable bonds is 7. The van der Waals surface area contributed by atoms with Crippen molar-refractivity contribution in [2.45, 2.75) is 12.8 Å². The van der Waals surface area contributed by atoms with Crippen molar-refractivity contribution in [2.24, 2.45) is 0 Å². The first-order valence-corrected chi connectivity index (χ1v) is 8.53. The molecule has 0 aliphatic carbocycles. The summed E-state index contributed by atoms with van der Waals surface area (Å²) in [5.41, 5.74) is 0.464. The Hall–Kier alpha value is -3.15. The quantitative estimate of drug-likeness (QED) is 0.709. The fraction of sp³-hybridized carbons (Fsp3) is 0.250. The van der Waals surface area contributed by atoms with Gasteiger partial charge in [0.2, 0.25) is 5.91 Å². The first-order chi connectivity index (χ1) is 12.6. The number of hydrogen-bond acceptors (Lipinski definition) is 4. The smallest absolute Gasteiger partial charge is 0.258 e. The summed E-state index contributed by atoms with van der Waals surface area (Å²) in [7, 11) is 1.74. The monoisotopic (exact) mass is 351 g/mol. The first-order valence-electron chi connectivity index (χ1n) is 8.53. The number of aryl methyl sites for hydroxylation is 1. The van der Waals surface area contributed by atoms with E-state index in [4.69, 9.17) is 4.74 Å². The predicted molar refractivity (Wildman–Crippen MR) is 100 cm³/mol. The average Bonchev–Trinajstić information content (AvgIpc) is 2.67. The molecule has 1 heterocycles. The van der Waals surface area contributed by atoms with Gasteiger partial charge < -0.3 is 14.6 Å². The second-order valence-electron chi connectivity index (χ2n) is 6.01. The molecule has 0 aliphatic rings. The molecule has 6 nitrogen and oxygen atoms in total. The molecule has 1 aromatic heterocycles. The van der Waals surface area contributed by atoms with Crippen molar-refractivity contribution in [1.82, 2.24) is 14.9 Å². The van der Waals surface area contributed by atoms with Gasteiger partial charge in [0.25, 0.3) is 5.56 Å². The molecule has 1 amide bonds. The van der Waals surface area contributed by atoms with E-state index in [0.717, 1.165) is 5.75 Å². The Morgan fingerprint density at radius 2 is 1.85 bits per heavy atom. The SMILES string of the molecule is CN(CCOc1ccccc1)C(=O)CCc1nc2ccccc2c(=O)[nH]1. The number of carbonyl (C=O) groups excluding carboxylic acids is 1. The zero-order valence-corrected chi connectivity index (χ0v) is 14.6. The van der Waals surface area contributed by atoms with Crippen LogP contribution in [0.5, 0.6) is 5.75 Å². The predicted octanol–water partition coefficient (Wildman–Crippen LogP) is 2.39. The number of ether oxygens (including phenoxy) is 1. The van der Waals surface area contributed by atoms with Gasteiger partial charge in [-0.2, -0.15) is 0 Å². The number of amides is 1. The number of benzene rings is 2. The van der Waals surface area contributed by atoms with Gasteiger partial charge in [0.15, 0.2) is 0 Å². The molecule has 0 aliphatic heterocycles. The molecule has 0 saturated carbocycles. The van der Waals surface area contributed by atoms with Gasteiger partial charge >= 0.3 is 0 Å². The van der Waals surface area contributed by atoms with Crippen LogP contribution in [0.3, 0.4) is 0 Å². The fourth-order valence-electron chi connectivity index (χ4n) is 2.61. The Bertz CT molecular complexity index is 938. The van der Waals surface area contributed by atoms with E-state index in [0.29, 0.717) is 36.3 Å². The number of para-hydroxylation sites is 2. The van der Waals surface area contributed by atoms with Gasteiger partial charge in [-0.1, -0.05) is 30.3 Å². The molecule has 0 atom stereocenters. The van der Waals surface area contributed by atoms with Crippen LogP contribution in [-0.4, -0.2) is 41.0 Å². The van der Waals surface area contributed by atoms with Crippen LogP contribution in [0.2, 0.25) is 0 Å². The number of aromatic nitrogens is 2. The average molecular weight is 351 g/mol. The minimum atomic E-state index is -0.178. The van der Waals surface area contributed by atoms with Crippen LogP contribution >= 0.6 is 0 Å². The van der Waals surface area contributed by atoms with Crippen LogP contribution < -0.4 is 10.3 Å². The zero-order chi connectivity index (χ0) is 18.4. The summed E-state index contributed by atoms with van der Waals surface area (Å²) in [6, 6.07) is 16.7. The Morgan fingerprint density at radius 1 is 1.12 bits per heavy atom. The van der Waals surface area contributed by atoms with Crippen molar-refractivity contribution < 1.29 is 9.53 Å². The Kier molecular flexibility index (Phi) is 5.63.